The molecule has 0 atom stereocenters. The van der Waals surface area contributed by atoms with Crippen LogP contribution in [0.5, 0.6) is 5.75 Å². The molecule has 1 N–H and O–H groups in total. The van der Waals surface area contributed by atoms with E-state index in [0.29, 0.717) is 30.5 Å². The summed E-state index contributed by atoms with van der Waals surface area (Å²) < 4.78 is 26.7. The van der Waals surface area contributed by atoms with Crippen LogP contribution in [-0.4, -0.2) is 37.2 Å². The van der Waals surface area contributed by atoms with E-state index in [1.165, 1.54) is 16.4 Å². The number of sulfonamides is 1. The summed E-state index contributed by atoms with van der Waals surface area (Å²) in [7, 11) is -3.48. The first-order chi connectivity index (χ1) is 11.0. The Balaban J connectivity index is 2.00. The number of phenols is 1. The molecule has 1 aliphatic rings. The molecule has 0 saturated carbocycles. The Labute approximate surface area is 135 Å². The first kappa shape index (κ1) is 15.7. The molecule has 0 spiro atoms. The lowest BCUT2D eigenvalue weighted by Crippen LogP contribution is -2.27. The summed E-state index contributed by atoms with van der Waals surface area (Å²) >= 11 is 0. The highest BCUT2D eigenvalue weighted by Crippen LogP contribution is 2.29. The van der Waals surface area contributed by atoms with Crippen molar-refractivity contribution < 1.29 is 18.3 Å². The van der Waals surface area contributed by atoms with Gasteiger partial charge in [0.1, 0.15) is 5.75 Å². The Morgan fingerprint density at radius 3 is 2.35 bits per heavy atom. The molecule has 0 aromatic heterocycles. The number of aromatic hydroxyl groups is 1. The standard InChI is InChI=1S/C17H17NO4S/c19-12-15-7-6-14(11-17(15)20)13-4-3-5-16(10-13)23(21,22)18-8-1-2-9-18/h3-7,10-12,20H,1-2,8-9H2. The van der Waals surface area contributed by atoms with Crippen LogP contribution in [0.4, 0.5) is 0 Å². The highest BCUT2D eigenvalue weighted by molar-refractivity contribution is 7.89. The highest BCUT2D eigenvalue weighted by Gasteiger charge is 2.27. The van der Waals surface area contributed by atoms with E-state index in [4.69, 9.17) is 0 Å². The molecule has 0 bridgehead atoms. The zero-order valence-electron chi connectivity index (χ0n) is 12.5. The maximum Gasteiger partial charge on any atom is 0.243 e. The van der Waals surface area contributed by atoms with Crippen LogP contribution in [0.15, 0.2) is 47.4 Å². The number of benzene rings is 2. The average molecular weight is 331 g/mol. The van der Waals surface area contributed by atoms with E-state index < -0.39 is 10.0 Å². The van der Waals surface area contributed by atoms with Crippen LogP contribution >= 0.6 is 0 Å². The van der Waals surface area contributed by atoms with Crippen LogP contribution in [0, 0.1) is 0 Å². The van der Waals surface area contributed by atoms with Gasteiger partial charge in [-0.25, -0.2) is 8.42 Å². The van der Waals surface area contributed by atoms with Gasteiger partial charge in [-0.3, -0.25) is 4.79 Å². The number of aldehydes is 1. The van der Waals surface area contributed by atoms with Crippen molar-refractivity contribution in [1.82, 2.24) is 4.31 Å². The number of carbonyl (C=O) groups is 1. The molecule has 1 saturated heterocycles. The van der Waals surface area contributed by atoms with Crippen LogP contribution in [0.2, 0.25) is 0 Å². The Hall–Kier alpha value is -2.18. The molecular formula is C17H17NO4S. The van der Waals surface area contributed by atoms with Crippen LogP contribution in [0.3, 0.4) is 0 Å². The van der Waals surface area contributed by atoms with Crippen LogP contribution in [0.1, 0.15) is 23.2 Å². The van der Waals surface area contributed by atoms with Gasteiger partial charge in [-0.15, -0.1) is 0 Å². The molecule has 5 nitrogen and oxygen atoms in total. The lowest BCUT2D eigenvalue weighted by Gasteiger charge is -2.16. The van der Waals surface area contributed by atoms with Gasteiger partial charge in [0.15, 0.2) is 6.29 Å². The molecule has 23 heavy (non-hydrogen) atoms. The molecule has 0 unspecified atom stereocenters. The monoisotopic (exact) mass is 331 g/mol. The molecule has 1 heterocycles. The van der Waals surface area contributed by atoms with Crippen molar-refractivity contribution in [3.05, 3.63) is 48.0 Å². The SMILES string of the molecule is O=Cc1ccc(-c2cccc(S(=O)(=O)N3CCCC3)c2)cc1O. The summed E-state index contributed by atoms with van der Waals surface area (Å²) in [5.74, 6) is -0.120. The van der Waals surface area contributed by atoms with Gasteiger partial charge in [0, 0.05) is 13.1 Å². The van der Waals surface area contributed by atoms with Crippen molar-refractivity contribution in [2.75, 3.05) is 13.1 Å². The van der Waals surface area contributed by atoms with Crippen molar-refractivity contribution in [2.45, 2.75) is 17.7 Å². The second-order valence-corrected chi connectivity index (χ2v) is 7.47. The third-order valence-electron chi connectivity index (χ3n) is 4.03. The van der Waals surface area contributed by atoms with Crippen molar-refractivity contribution in [3.8, 4) is 16.9 Å². The molecule has 3 rings (SSSR count). The predicted molar refractivity (Wildman–Crippen MR) is 86.9 cm³/mol. The fourth-order valence-electron chi connectivity index (χ4n) is 2.74. The summed E-state index contributed by atoms with van der Waals surface area (Å²) in [6, 6.07) is 11.3. The summed E-state index contributed by atoms with van der Waals surface area (Å²) in [5, 5.41) is 9.80. The van der Waals surface area contributed by atoms with Gasteiger partial charge in [-0.2, -0.15) is 4.31 Å². The summed E-state index contributed by atoms with van der Waals surface area (Å²) in [6.07, 6.45) is 2.35. The third-order valence-corrected chi connectivity index (χ3v) is 5.92. The van der Waals surface area contributed by atoms with Crippen molar-refractivity contribution in [1.29, 1.82) is 0 Å². The largest absolute Gasteiger partial charge is 0.507 e. The quantitative estimate of drug-likeness (QED) is 0.874. The van der Waals surface area contributed by atoms with Crippen molar-refractivity contribution >= 4 is 16.3 Å². The Kier molecular flexibility index (Phi) is 4.19. The highest BCUT2D eigenvalue weighted by atomic mass is 32.2. The molecule has 1 aliphatic heterocycles. The first-order valence-electron chi connectivity index (χ1n) is 7.41. The Morgan fingerprint density at radius 2 is 1.70 bits per heavy atom. The zero-order valence-corrected chi connectivity index (χ0v) is 13.3. The van der Waals surface area contributed by atoms with E-state index >= 15 is 0 Å². The third kappa shape index (κ3) is 3.00. The van der Waals surface area contributed by atoms with E-state index in [1.807, 2.05) is 0 Å². The minimum Gasteiger partial charge on any atom is -0.507 e. The molecule has 6 heteroatoms. The van der Waals surface area contributed by atoms with Crippen molar-refractivity contribution in [3.63, 3.8) is 0 Å². The van der Waals surface area contributed by atoms with Gasteiger partial charge in [0.2, 0.25) is 10.0 Å². The second-order valence-electron chi connectivity index (χ2n) is 5.53. The Morgan fingerprint density at radius 1 is 1.00 bits per heavy atom. The minimum absolute atomic E-state index is 0.120. The number of hydrogen-bond acceptors (Lipinski definition) is 4. The fourth-order valence-corrected chi connectivity index (χ4v) is 4.30. The van der Waals surface area contributed by atoms with E-state index in [0.717, 1.165) is 12.8 Å². The Bertz CT molecular complexity index is 839. The number of carbonyl (C=O) groups excluding carboxylic acids is 1. The predicted octanol–water partition coefficient (Wildman–Crippen LogP) is 2.66. The van der Waals surface area contributed by atoms with E-state index in [9.17, 15) is 18.3 Å². The number of rotatable bonds is 4. The minimum atomic E-state index is -3.48. The van der Waals surface area contributed by atoms with E-state index in [1.54, 1.807) is 30.3 Å². The molecule has 2 aromatic carbocycles. The van der Waals surface area contributed by atoms with Gasteiger partial charge < -0.3 is 5.11 Å². The van der Waals surface area contributed by atoms with Crippen LogP contribution in [-0.2, 0) is 10.0 Å². The molecule has 0 aliphatic carbocycles. The molecule has 0 radical (unpaired) electrons. The smallest absolute Gasteiger partial charge is 0.243 e. The van der Waals surface area contributed by atoms with Gasteiger partial charge in [-0.1, -0.05) is 18.2 Å². The lowest BCUT2D eigenvalue weighted by molar-refractivity contribution is 0.112. The van der Waals surface area contributed by atoms with Gasteiger partial charge in [-0.05, 0) is 48.2 Å². The van der Waals surface area contributed by atoms with Crippen LogP contribution < -0.4 is 0 Å². The number of nitrogens with zero attached hydrogens (tertiary/aromatic N) is 1. The maximum absolute atomic E-state index is 12.6. The maximum atomic E-state index is 12.6. The topological polar surface area (TPSA) is 74.7 Å². The normalized spacial score (nSPS) is 15.7. The van der Waals surface area contributed by atoms with Gasteiger partial charge in [0.25, 0.3) is 0 Å². The van der Waals surface area contributed by atoms with Crippen LogP contribution in [0.25, 0.3) is 11.1 Å². The molecule has 2 aromatic rings. The number of phenolic OH excluding ortho intramolecular Hbond substituents is 1. The first-order valence-corrected chi connectivity index (χ1v) is 8.85. The zero-order chi connectivity index (χ0) is 16.4. The average Bonchev–Trinajstić information content (AvgIpc) is 3.10. The molecule has 1 fully saturated rings. The van der Waals surface area contributed by atoms with Gasteiger partial charge >= 0.3 is 0 Å². The van der Waals surface area contributed by atoms with E-state index in [2.05, 4.69) is 0 Å². The second kappa shape index (κ2) is 6.14. The van der Waals surface area contributed by atoms with Gasteiger partial charge in [0.05, 0.1) is 10.5 Å². The summed E-state index contributed by atoms with van der Waals surface area (Å²) in [5.41, 5.74) is 1.54. The number of hydrogen-bond donors (Lipinski definition) is 1. The molecular weight excluding hydrogens is 314 g/mol. The summed E-state index contributed by atoms with van der Waals surface area (Å²) in [6.45, 7) is 1.11. The summed E-state index contributed by atoms with van der Waals surface area (Å²) in [4.78, 5) is 11.0. The molecule has 0 amide bonds. The molecule has 120 valence electrons. The van der Waals surface area contributed by atoms with Crippen molar-refractivity contribution in [2.24, 2.45) is 0 Å². The fraction of sp³-hybridized carbons (Fsp3) is 0.235. The lowest BCUT2D eigenvalue weighted by atomic mass is 10.0. The van der Waals surface area contributed by atoms with E-state index in [-0.39, 0.29) is 16.2 Å².